The van der Waals surface area contributed by atoms with Crippen molar-refractivity contribution in [3.05, 3.63) is 59.2 Å². The van der Waals surface area contributed by atoms with Crippen molar-refractivity contribution in [1.29, 1.82) is 0 Å². The maximum Gasteiger partial charge on any atom is 0.311 e. The lowest BCUT2D eigenvalue weighted by molar-refractivity contribution is -0.925. The zero-order valence-electron chi connectivity index (χ0n) is 17.7. The van der Waals surface area contributed by atoms with Crippen LogP contribution >= 0.6 is 0 Å². The molecule has 2 N–H and O–H groups in total. The second-order valence-electron chi connectivity index (χ2n) is 7.34. The normalized spacial score (nSPS) is 17.6. The van der Waals surface area contributed by atoms with Crippen molar-refractivity contribution in [3.8, 4) is 11.5 Å². The minimum Gasteiger partial charge on any atom is -0.493 e. The molecule has 1 aliphatic heterocycles. The Labute approximate surface area is 176 Å². The summed E-state index contributed by atoms with van der Waals surface area (Å²) in [5.41, 5.74) is 3.15. The molecular weight excluding hydrogens is 384 g/mol. The maximum atomic E-state index is 12.6. The van der Waals surface area contributed by atoms with Gasteiger partial charge in [-0.1, -0.05) is 30.3 Å². The predicted octanol–water partition coefficient (Wildman–Crippen LogP) is 1.07. The Kier molecular flexibility index (Phi) is 7.30. The van der Waals surface area contributed by atoms with Crippen LogP contribution in [0.2, 0.25) is 0 Å². The highest BCUT2D eigenvalue weighted by atomic mass is 16.5. The highest BCUT2D eigenvalue weighted by Gasteiger charge is 2.35. The van der Waals surface area contributed by atoms with E-state index in [0.717, 1.165) is 34.6 Å². The van der Waals surface area contributed by atoms with Crippen molar-refractivity contribution in [2.75, 3.05) is 34.4 Å². The molecule has 160 valence electrons. The number of carbonyl (C=O) groups is 2. The summed E-state index contributed by atoms with van der Waals surface area (Å²) in [5.74, 6) is 0.926. The van der Waals surface area contributed by atoms with Gasteiger partial charge in [-0.15, -0.1) is 0 Å². The van der Waals surface area contributed by atoms with E-state index >= 15 is 0 Å². The molecule has 0 radical (unpaired) electrons. The highest BCUT2D eigenvalue weighted by molar-refractivity contribution is 5.77. The molecule has 0 saturated carbocycles. The molecule has 2 aromatic rings. The molecule has 1 unspecified atom stereocenters. The van der Waals surface area contributed by atoms with Crippen LogP contribution in [0.5, 0.6) is 11.5 Å². The Hall–Kier alpha value is -3.06. The molecule has 0 fully saturated rings. The Morgan fingerprint density at radius 3 is 2.43 bits per heavy atom. The molecule has 7 nitrogen and oxygen atoms in total. The van der Waals surface area contributed by atoms with Gasteiger partial charge in [-0.3, -0.25) is 9.59 Å². The fraction of sp³-hybridized carbons (Fsp3) is 0.391. The Morgan fingerprint density at radius 2 is 1.77 bits per heavy atom. The van der Waals surface area contributed by atoms with Crippen molar-refractivity contribution in [2.45, 2.75) is 25.4 Å². The monoisotopic (exact) mass is 413 g/mol. The smallest absolute Gasteiger partial charge is 0.311 e. The molecule has 0 spiro atoms. The number of quaternary nitrogens is 1. The van der Waals surface area contributed by atoms with Gasteiger partial charge >= 0.3 is 5.97 Å². The van der Waals surface area contributed by atoms with E-state index in [2.05, 4.69) is 5.32 Å². The standard InChI is InChI=1S/C23H28N2O5/c1-28-20-11-17-9-10-25(15-22(26)24-14-16-7-5-4-6-8-16)19(13-23(27)30-3)18(17)12-21(20)29-2/h4-8,11-12,19H,9-10,13-15H2,1-3H3,(H,24,26)/p+1/t19-/m0/s1. The van der Waals surface area contributed by atoms with Crippen molar-refractivity contribution in [1.82, 2.24) is 5.32 Å². The maximum absolute atomic E-state index is 12.6. The number of methoxy groups -OCH3 is 3. The lowest BCUT2D eigenvalue weighted by Gasteiger charge is -2.34. The molecule has 1 aliphatic rings. The first-order valence-corrected chi connectivity index (χ1v) is 10.0. The second-order valence-corrected chi connectivity index (χ2v) is 7.34. The van der Waals surface area contributed by atoms with E-state index in [1.807, 2.05) is 42.5 Å². The third kappa shape index (κ3) is 5.10. The predicted molar refractivity (Wildman–Crippen MR) is 112 cm³/mol. The minimum atomic E-state index is -0.301. The van der Waals surface area contributed by atoms with Gasteiger partial charge in [-0.05, 0) is 23.3 Å². The summed E-state index contributed by atoms with van der Waals surface area (Å²) in [6, 6.07) is 13.5. The van der Waals surface area contributed by atoms with Crippen LogP contribution in [0.25, 0.3) is 0 Å². The van der Waals surface area contributed by atoms with Crippen LogP contribution in [-0.2, 0) is 27.3 Å². The van der Waals surface area contributed by atoms with Crippen LogP contribution in [-0.4, -0.2) is 46.3 Å². The topological polar surface area (TPSA) is 78.3 Å². The molecule has 2 aromatic carbocycles. The van der Waals surface area contributed by atoms with Gasteiger partial charge in [-0.25, -0.2) is 0 Å². The van der Waals surface area contributed by atoms with E-state index in [1.165, 1.54) is 7.11 Å². The summed E-state index contributed by atoms with van der Waals surface area (Å²) in [4.78, 5) is 25.8. The summed E-state index contributed by atoms with van der Waals surface area (Å²) in [6.45, 7) is 1.50. The van der Waals surface area contributed by atoms with Crippen LogP contribution in [0.1, 0.15) is 29.2 Å². The number of esters is 1. The summed E-state index contributed by atoms with van der Waals surface area (Å²) in [5, 5.41) is 2.98. The van der Waals surface area contributed by atoms with E-state index in [4.69, 9.17) is 14.2 Å². The van der Waals surface area contributed by atoms with Gasteiger partial charge in [-0.2, -0.15) is 0 Å². The van der Waals surface area contributed by atoms with Crippen LogP contribution in [0.4, 0.5) is 0 Å². The van der Waals surface area contributed by atoms with Gasteiger partial charge < -0.3 is 24.4 Å². The number of nitrogens with one attached hydrogen (secondary N) is 2. The summed E-state index contributed by atoms with van der Waals surface area (Å²) in [7, 11) is 4.57. The van der Waals surface area contributed by atoms with Gasteiger partial charge in [0.25, 0.3) is 5.91 Å². The number of benzene rings is 2. The summed E-state index contributed by atoms with van der Waals surface area (Å²) >= 11 is 0. The lowest BCUT2D eigenvalue weighted by Crippen LogP contribution is -3.14. The largest absolute Gasteiger partial charge is 0.493 e. The molecule has 0 saturated heterocycles. The van der Waals surface area contributed by atoms with Crippen LogP contribution in [0.15, 0.2) is 42.5 Å². The van der Waals surface area contributed by atoms with Crippen molar-refractivity contribution in [2.24, 2.45) is 0 Å². The van der Waals surface area contributed by atoms with Crippen LogP contribution in [0, 0.1) is 0 Å². The van der Waals surface area contributed by atoms with Crippen molar-refractivity contribution in [3.63, 3.8) is 0 Å². The third-order valence-corrected chi connectivity index (χ3v) is 5.55. The molecule has 30 heavy (non-hydrogen) atoms. The second kappa shape index (κ2) is 10.1. The van der Waals surface area contributed by atoms with Crippen molar-refractivity contribution >= 4 is 11.9 Å². The summed E-state index contributed by atoms with van der Waals surface area (Å²) < 4.78 is 15.8. The number of rotatable bonds is 8. The number of carbonyl (C=O) groups excluding carboxylic acids is 2. The van der Waals surface area contributed by atoms with Gasteiger partial charge in [0.15, 0.2) is 18.0 Å². The Balaban J connectivity index is 1.78. The average molecular weight is 413 g/mol. The van der Waals surface area contributed by atoms with Gasteiger partial charge in [0.2, 0.25) is 0 Å². The molecule has 0 aromatic heterocycles. The molecule has 0 bridgehead atoms. The Bertz CT molecular complexity index is 885. The van der Waals surface area contributed by atoms with Gasteiger partial charge in [0, 0.05) is 18.5 Å². The molecule has 0 aliphatic carbocycles. The number of amides is 1. The van der Waals surface area contributed by atoms with Gasteiger partial charge in [0.1, 0.15) is 12.5 Å². The molecule has 7 heteroatoms. The van der Waals surface area contributed by atoms with E-state index in [0.29, 0.717) is 18.0 Å². The van der Waals surface area contributed by atoms with E-state index in [9.17, 15) is 9.59 Å². The Morgan fingerprint density at radius 1 is 1.07 bits per heavy atom. The first-order valence-electron chi connectivity index (χ1n) is 10.0. The van der Waals surface area contributed by atoms with E-state index < -0.39 is 0 Å². The number of hydrogen-bond donors (Lipinski definition) is 2. The van der Waals surface area contributed by atoms with E-state index in [1.54, 1.807) is 14.2 Å². The average Bonchev–Trinajstić information content (AvgIpc) is 2.78. The molecular formula is C23H29N2O5+. The quantitative estimate of drug-likeness (QED) is 0.633. The third-order valence-electron chi connectivity index (χ3n) is 5.55. The number of fused-ring (bicyclic) bond motifs is 1. The number of ether oxygens (including phenoxy) is 3. The fourth-order valence-electron chi connectivity index (χ4n) is 3.95. The zero-order valence-corrected chi connectivity index (χ0v) is 17.7. The van der Waals surface area contributed by atoms with Crippen molar-refractivity contribution < 1.29 is 28.7 Å². The van der Waals surface area contributed by atoms with Gasteiger partial charge in [0.05, 0.1) is 27.9 Å². The molecule has 2 atom stereocenters. The van der Waals surface area contributed by atoms with Crippen LogP contribution < -0.4 is 19.7 Å². The minimum absolute atomic E-state index is 0.0485. The first kappa shape index (κ1) is 21.6. The number of hydrogen-bond acceptors (Lipinski definition) is 5. The SMILES string of the molecule is COC(=O)C[C@H]1c2cc(OC)c(OC)cc2CC[NH+]1CC(=O)NCc1ccccc1. The first-order chi connectivity index (χ1) is 14.5. The molecule has 1 heterocycles. The highest BCUT2D eigenvalue weighted by Crippen LogP contribution is 2.35. The van der Waals surface area contributed by atoms with Crippen LogP contribution in [0.3, 0.4) is 0 Å². The fourth-order valence-corrected chi connectivity index (χ4v) is 3.95. The zero-order chi connectivity index (χ0) is 21.5. The summed E-state index contributed by atoms with van der Waals surface area (Å²) in [6.07, 6.45) is 0.981. The van der Waals surface area contributed by atoms with E-state index in [-0.39, 0.29) is 30.9 Å². The molecule has 1 amide bonds. The molecule has 3 rings (SSSR count). The lowest BCUT2D eigenvalue weighted by atomic mass is 9.90.